The number of amides is 1. The fraction of sp³-hybridized carbons (Fsp3) is 0.609. The Hall–Kier alpha value is -2.46. The van der Waals surface area contributed by atoms with Gasteiger partial charge in [0, 0.05) is 39.5 Å². The van der Waals surface area contributed by atoms with Crippen LogP contribution in [0.1, 0.15) is 64.6 Å². The van der Waals surface area contributed by atoms with Crippen LogP contribution in [0.2, 0.25) is 0 Å². The van der Waals surface area contributed by atoms with Crippen LogP contribution in [0, 0.1) is 0 Å². The van der Waals surface area contributed by atoms with Gasteiger partial charge in [0.15, 0.2) is 0 Å². The molecule has 0 bridgehead atoms. The van der Waals surface area contributed by atoms with Gasteiger partial charge in [-0.05, 0) is 50.8 Å². The topological polar surface area (TPSA) is 111 Å². The molecule has 0 unspecified atom stereocenters. The molecule has 1 N–H and O–H groups in total. The number of ether oxygens (including phenoxy) is 1. The van der Waals surface area contributed by atoms with E-state index in [9.17, 15) is 18.0 Å². The van der Waals surface area contributed by atoms with E-state index < -0.39 is 10.0 Å². The molecular formula is C23H34N4O5S. The maximum atomic E-state index is 13.0. The maximum Gasteiger partial charge on any atom is 0.306 e. The number of hydrogen-bond acceptors (Lipinski definition) is 6. The zero-order valence-electron chi connectivity index (χ0n) is 19.5. The van der Waals surface area contributed by atoms with E-state index in [2.05, 4.69) is 10.3 Å². The second kappa shape index (κ2) is 11.6. The van der Waals surface area contributed by atoms with Gasteiger partial charge in [0.1, 0.15) is 12.4 Å². The summed E-state index contributed by atoms with van der Waals surface area (Å²) < 4.78 is 34.9. The van der Waals surface area contributed by atoms with Crippen molar-refractivity contribution in [1.82, 2.24) is 19.2 Å². The molecule has 1 amide bonds. The molecule has 1 aliphatic rings. The molecule has 10 heteroatoms. The number of nitrogens with one attached hydrogen (secondary N) is 1. The van der Waals surface area contributed by atoms with Crippen molar-refractivity contribution in [1.29, 1.82) is 0 Å². The van der Waals surface area contributed by atoms with Crippen molar-refractivity contribution in [3.63, 3.8) is 0 Å². The van der Waals surface area contributed by atoms with Gasteiger partial charge in [-0.3, -0.25) is 9.59 Å². The lowest BCUT2D eigenvalue weighted by molar-refractivity contribution is -0.145. The molecule has 9 nitrogen and oxygen atoms in total. The predicted octanol–water partition coefficient (Wildman–Crippen LogP) is 2.97. The fourth-order valence-corrected chi connectivity index (χ4v) is 5.63. The van der Waals surface area contributed by atoms with E-state index in [-0.39, 0.29) is 23.4 Å². The van der Waals surface area contributed by atoms with Crippen LogP contribution in [-0.2, 0) is 37.5 Å². The number of carbonyl (C=O) groups excluding carboxylic acids is 2. The lowest BCUT2D eigenvalue weighted by atomic mass is 10.2. The molecule has 33 heavy (non-hydrogen) atoms. The minimum atomic E-state index is -3.54. The summed E-state index contributed by atoms with van der Waals surface area (Å²) in [5.74, 6) is 0.251. The molecule has 0 radical (unpaired) electrons. The van der Waals surface area contributed by atoms with Crippen molar-refractivity contribution in [3.8, 4) is 0 Å². The zero-order valence-corrected chi connectivity index (χ0v) is 20.3. The van der Waals surface area contributed by atoms with E-state index in [1.54, 1.807) is 22.5 Å². The average Bonchev–Trinajstić information content (AvgIpc) is 3.17. The Bertz CT molecular complexity index is 1070. The maximum absolute atomic E-state index is 13.0. The first-order valence-electron chi connectivity index (χ1n) is 11.7. The van der Waals surface area contributed by atoms with Crippen LogP contribution in [0.5, 0.6) is 0 Å². The number of hydrogen-bond donors (Lipinski definition) is 1. The van der Waals surface area contributed by atoms with Crippen LogP contribution in [-0.4, -0.2) is 53.8 Å². The van der Waals surface area contributed by atoms with E-state index in [1.807, 2.05) is 11.5 Å². The van der Waals surface area contributed by atoms with Gasteiger partial charge in [-0.15, -0.1) is 0 Å². The van der Waals surface area contributed by atoms with Crippen LogP contribution in [0.25, 0.3) is 11.0 Å². The van der Waals surface area contributed by atoms with Gasteiger partial charge in [-0.2, -0.15) is 4.31 Å². The number of imidazole rings is 1. The van der Waals surface area contributed by atoms with Crippen molar-refractivity contribution >= 4 is 32.9 Å². The van der Waals surface area contributed by atoms with Crippen LogP contribution in [0.4, 0.5) is 0 Å². The minimum absolute atomic E-state index is 0.0431. The molecule has 0 aliphatic carbocycles. The van der Waals surface area contributed by atoms with Crippen molar-refractivity contribution in [2.45, 2.75) is 76.8 Å². The molecule has 182 valence electrons. The first-order chi connectivity index (χ1) is 15.8. The molecule has 1 fully saturated rings. The normalized spacial score (nSPS) is 15.0. The summed E-state index contributed by atoms with van der Waals surface area (Å²) in [7, 11) is -3.54. The number of aryl methyl sites for hydroxylation is 1. The Kier molecular flexibility index (Phi) is 8.85. The molecule has 1 saturated heterocycles. The summed E-state index contributed by atoms with van der Waals surface area (Å²) in [6.45, 7) is 5.85. The monoisotopic (exact) mass is 478 g/mol. The Labute approximate surface area is 195 Å². The Morgan fingerprint density at radius 1 is 1.12 bits per heavy atom. The van der Waals surface area contributed by atoms with E-state index in [1.165, 1.54) is 6.92 Å². The number of rotatable bonds is 11. The molecule has 1 aromatic heterocycles. The Balaban J connectivity index is 1.61. The predicted molar refractivity (Wildman–Crippen MR) is 125 cm³/mol. The second-order valence-corrected chi connectivity index (χ2v) is 10.3. The molecule has 1 aliphatic heterocycles. The third-order valence-corrected chi connectivity index (χ3v) is 7.76. The zero-order chi connectivity index (χ0) is 23.8. The number of sulfonamides is 1. The summed E-state index contributed by atoms with van der Waals surface area (Å²) in [6.07, 6.45) is 5.49. The lowest BCUT2D eigenvalue weighted by Gasteiger charge is -2.25. The number of fused-ring (bicyclic) bond motifs is 1. The number of carbonyl (C=O) groups is 2. The highest BCUT2D eigenvalue weighted by atomic mass is 32.2. The van der Waals surface area contributed by atoms with Crippen LogP contribution in [0.15, 0.2) is 23.1 Å². The highest BCUT2D eigenvalue weighted by molar-refractivity contribution is 7.89. The molecule has 0 saturated carbocycles. The number of esters is 1. The van der Waals surface area contributed by atoms with Gasteiger partial charge in [-0.25, -0.2) is 13.4 Å². The third kappa shape index (κ3) is 6.54. The summed E-state index contributed by atoms with van der Waals surface area (Å²) in [5, 5.41) is 2.73. The summed E-state index contributed by atoms with van der Waals surface area (Å²) in [4.78, 5) is 27.8. The van der Waals surface area contributed by atoms with Gasteiger partial charge < -0.3 is 14.6 Å². The van der Waals surface area contributed by atoms with E-state index in [4.69, 9.17) is 4.74 Å². The molecular weight excluding hydrogens is 444 g/mol. The van der Waals surface area contributed by atoms with Gasteiger partial charge in [0.05, 0.1) is 15.9 Å². The number of nitrogens with zero attached hydrogens (tertiary/aromatic N) is 3. The Morgan fingerprint density at radius 2 is 1.88 bits per heavy atom. The lowest BCUT2D eigenvalue weighted by Crippen LogP contribution is -2.35. The van der Waals surface area contributed by atoms with Crippen LogP contribution >= 0.6 is 0 Å². The average molecular weight is 479 g/mol. The smallest absolute Gasteiger partial charge is 0.306 e. The molecule has 3 rings (SSSR count). The van der Waals surface area contributed by atoms with Crippen molar-refractivity contribution in [2.75, 3.05) is 19.6 Å². The summed E-state index contributed by atoms with van der Waals surface area (Å²) >= 11 is 0. The van der Waals surface area contributed by atoms with Gasteiger partial charge in [-0.1, -0.05) is 12.8 Å². The van der Waals surface area contributed by atoms with Crippen LogP contribution < -0.4 is 5.32 Å². The highest BCUT2D eigenvalue weighted by Crippen LogP contribution is 2.25. The Morgan fingerprint density at radius 3 is 2.58 bits per heavy atom. The number of unbranched alkanes of at least 4 members (excludes halogenated alkanes) is 2. The number of benzene rings is 1. The first-order valence-corrected chi connectivity index (χ1v) is 13.2. The first kappa shape index (κ1) is 25.2. The quantitative estimate of drug-likeness (QED) is 0.393. The number of aromatic nitrogens is 2. The fourth-order valence-electron chi connectivity index (χ4n) is 4.09. The van der Waals surface area contributed by atoms with Gasteiger partial charge in [0.2, 0.25) is 15.9 Å². The molecule has 1 aromatic carbocycles. The standard InChI is InChI=1S/C23H34N4O5S/c1-3-27-21-12-11-19(33(30,31)26-14-8-5-9-15-26)16-20(21)25-22(27)17-32-23(29)10-6-4-7-13-24-18(2)28/h11-12,16H,3-10,13-15,17H2,1-2H3,(H,24,28). The molecule has 2 heterocycles. The SMILES string of the molecule is CCn1c(COC(=O)CCCCCNC(C)=O)nc2cc(S(=O)(=O)N3CCCCC3)ccc21. The van der Waals surface area contributed by atoms with Gasteiger partial charge >= 0.3 is 5.97 Å². The van der Waals surface area contributed by atoms with Crippen molar-refractivity contribution in [3.05, 3.63) is 24.0 Å². The minimum Gasteiger partial charge on any atom is -0.458 e. The van der Waals surface area contributed by atoms with Crippen molar-refractivity contribution in [2.24, 2.45) is 0 Å². The molecule has 0 spiro atoms. The van der Waals surface area contributed by atoms with E-state index >= 15 is 0 Å². The van der Waals surface area contributed by atoms with Crippen LogP contribution in [0.3, 0.4) is 0 Å². The second-order valence-electron chi connectivity index (χ2n) is 8.34. The molecule has 0 atom stereocenters. The third-order valence-electron chi connectivity index (χ3n) is 5.86. The van der Waals surface area contributed by atoms with Crippen molar-refractivity contribution < 1.29 is 22.7 Å². The summed E-state index contributed by atoms with van der Waals surface area (Å²) in [5.41, 5.74) is 1.40. The number of piperidine rings is 1. The largest absolute Gasteiger partial charge is 0.458 e. The highest BCUT2D eigenvalue weighted by Gasteiger charge is 2.26. The van der Waals surface area contributed by atoms with Gasteiger partial charge in [0.25, 0.3) is 0 Å². The van der Waals surface area contributed by atoms with E-state index in [0.29, 0.717) is 50.4 Å². The summed E-state index contributed by atoms with van der Waals surface area (Å²) in [6, 6.07) is 5.03. The molecule has 2 aromatic rings. The van der Waals surface area contributed by atoms with E-state index in [0.717, 1.165) is 37.6 Å².